The second-order valence-corrected chi connectivity index (χ2v) is 6.93. The van der Waals surface area contributed by atoms with Crippen molar-refractivity contribution in [2.75, 3.05) is 0 Å². The Balaban J connectivity index is 1.98. The van der Waals surface area contributed by atoms with E-state index >= 15 is 0 Å². The zero-order valence-corrected chi connectivity index (χ0v) is 13.9. The van der Waals surface area contributed by atoms with Crippen molar-refractivity contribution < 1.29 is 0 Å². The van der Waals surface area contributed by atoms with E-state index in [2.05, 4.69) is 68.4 Å². The third-order valence-electron chi connectivity index (χ3n) is 3.95. The molecule has 0 aliphatic carbocycles. The van der Waals surface area contributed by atoms with Crippen molar-refractivity contribution in [1.29, 1.82) is 0 Å². The normalized spacial score (nSPS) is 15.1. The quantitative estimate of drug-likeness (QED) is 0.889. The summed E-state index contributed by atoms with van der Waals surface area (Å²) in [4.78, 5) is 0. The SMILES string of the molecule is Cc1cnn([C@H](C)[C@@H](C)NCc2cn[nH]c2C(C)(C)C)c1. The summed E-state index contributed by atoms with van der Waals surface area (Å²) in [6.07, 6.45) is 5.90. The second-order valence-electron chi connectivity index (χ2n) is 6.93. The zero-order valence-electron chi connectivity index (χ0n) is 13.9. The highest BCUT2D eigenvalue weighted by atomic mass is 15.3. The molecular formula is C16H27N5. The Hall–Kier alpha value is -1.62. The number of hydrogen-bond acceptors (Lipinski definition) is 3. The molecule has 0 saturated heterocycles. The minimum atomic E-state index is 0.0848. The number of H-pyrrole nitrogens is 1. The molecule has 0 unspecified atom stereocenters. The van der Waals surface area contributed by atoms with Crippen LogP contribution in [-0.2, 0) is 12.0 Å². The maximum absolute atomic E-state index is 4.40. The first-order valence-corrected chi connectivity index (χ1v) is 7.56. The molecule has 0 aliphatic heterocycles. The Morgan fingerprint density at radius 3 is 2.57 bits per heavy atom. The molecule has 2 aromatic rings. The molecule has 2 N–H and O–H groups in total. The van der Waals surface area contributed by atoms with Gasteiger partial charge in [0, 0.05) is 35.5 Å². The summed E-state index contributed by atoms with van der Waals surface area (Å²) in [6, 6.07) is 0.635. The average molecular weight is 289 g/mol. The van der Waals surface area contributed by atoms with E-state index in [-0.39, 0.29) is 5.41 Å². The van der Waals surface area contributed by atoms with Gasteiger partial charge in [-0.05, 0) is 26.3 Å². The maximum atomic E-state index is 4.40. The Bertz CT molecular complexity index is 576. The molecule has 0 spiro atoms. The lowest BCUT2D eigenvalue weighted by Crippen LogP contribution is -2.34. The molecule has 2 rings (SSSR count). The van der Waals surface area contributed by atoms with Crippen LogP contribution in [0.15, 0.2) is 18.6 Å². The highest BCUT2D eigenvalue weighted by molar-refractivity contribution is 5.23. The summed E-state index contributed by atoms with van der Waals surface area (Å²) >= 11 is 0. The first-order chi connectivity index (χ1) is 9.79. The van der Waals surface area contributed by atoms with Crippen molar-refractivity contribution in [3.63, 3.8) is 0 Å². The fraction of sp³-hybridized carbons (Fsp3) is 0.625. The van der Waals surface area contributed by atoms with E-state index in [0.717, 1.165) is 6.54 Å². The van der Waals surface area contributed by atoms with Crippen LogP contribution < -0.4 is 5.32 Å². The van der Waals surface area contributed by atoms with Crippen LogP contribution in [0.1, 0.15) is 57.5 Å². The minimum Gasteiger partial charge on any atom is -0.308 e. The number of nitrogens with one attached hydrogen (secondary N) is 2. The fourth-order valence-corrected chi connectivity index (χ4v) is 2.42. The lowest BCUT2D eigenvalue weighted by Gasteiger charge is -2.23. The molecular weight excluding hydrogens is 262 g/mol. The largest absolute Gasteiger partial charge is 0.308 e. The molecule has 2 heterocycles. The fourth-order valence-electron chi connectivity index (χ4n) is 2.42. The molecule has 0 aliphatic rings. The summed E-state index contributed by atoms with van der Waals surface area (Å²) in [5.74, 6) is 0. The van der Waals surface area contributed by atoms with E-state index in [4.69, 9.17) is 0 Å². The van der Waals surface area contributed by atoms with Gasteiger partial charge in [-0.2, -0.15) is 10.2 Å². The second kappa shape index (κ2) is 6.02. The average Bonchev–Trinajstić information content (AvgIpc) is 3.02. The molecule has 0 aromatic carbocycles. The standard InChI is InChI=1S/C16H27N5/c1-11-7-19-21(10-11)13(3)12(2)17-8-14-9-18-20-15(14)16(4,5)6/h7,9-10,12-13,17H,8H2,1-6H3,(H,18,20)/t12-,13-/m1/s1. The summed E-state index contributed by atoms with van der Waals surface area (Å²) in [5, 5.41) is 15.3. The smallest absolute Gasteiger partial charge is 0.0641 e. The molecule has 2 atom stereocenters. The number of hydrogen-bond donors (Lipinski definition) is 2. The lowest BCUT2D eigenvalue weighted by molar-refractivity contribution is 0.364. The summed E-state index contributed by atoms with van der Waals surface area (Å²) in [7, 11) is 0. The van der Waals surface area contributed by atoms with Gasteiger partial charge in [0.2, 0.25) is 0 Å². The molecule has 116 valence electrons. The van der Waals surface area contributed by atoms with Crippen LogP contribution in [0.3, 0.4) is 0 Å². The molecule has 0 radical (unpaired) electrons. The minimum absolute atomic E-state index is 0.0848. The Morgan fingerprint density at radius 1 is 1.29 bits per heavy atom. The third-order valence-corrected chi connectivity index (χ3v) is 3.95. The molecule has 0 amide bonds. The van der Waals surface area contributed by atoms with Crippen molar-refractivity contribution in [2.24, 2.45) is 0 Å². The van der Waals surface area contributed by atoms with Gasteiger partial charge < -0.3 is 5.32 Å². The number of rotatable bonds is 5. The predicted molar refractivity (Wildman–Crippen MR) is 85.3 cm³/mol. The molecule has 2 aromatic heterocycles. The zero-order chi connectivity index (χ0) is 15.6. The van der Waals surface area contributed by atoms with Gasteiger partial charge >= 0.3 is 0 Å². The number of aromatic amines is 1. The van der Waals surface area contributed by atoms with Gasteiger partial charge in [0.05, 0.1) is 18.4 Å². The summed E-state index contributed by atoms with van der Waals surface area (Å²) < 4.78 is 2.02. The van der Waals surface area contributed by atoms with E-state index in [1.54, 1.807) is 0 Å². The predicted octanol–water partition coefficient (Wildman–Crippen LogP) is 2.95. The number of nitrogens with zero attached hydrogens (tertiary/aromatic N) is 3. The van der Waals surface area contributed by atoms with E-state index < -0.39 is 0 Å². The van der Waals surface area contributed by atoms with Crippen LogP contribution in [0.4, 0.5) is 0 Å². The Labute approximate surface area is 127 Å². The van der Waals surface area contributed by atoms with Crippen LogP contribution in [-0.4, -0.2) is 26.0 Å². The van der Waals surface area contributed by atoms with Gasteiger partial charge in [-0.25, -0.2) is 0 Å². The van der Waals surface area contributed by atoms with E-state index in [1.165, 1.54) is 16.8 Å². The van der Waals surface area contributed by atoms with Gasteiger partial charge in [0.15, 0.2) is 0 Å². The molecule has 5 nitrogen and oxygen atoms in total. The van der Waals surface area contributed by atoms with Gasteiger partial charge in [-0.3, -0.25) is 9.78 Å². The molecule has 0 saturated carbocycles. The van der Waals surface area contributed by atoms with E-state index in [0.29, 0.717) is 12.1 Å². The van der Waals surface area contributed by atoms with E-state index in [1.807, 2.05) is 17.1 Å². The van der Waals surface area contributed by atoms with Gasteiger partial charge in [0.25, 0.3) is 0 Å². The van der Waals surface area contributed by atoms with Crippen LogP contribution in [0.2, 0.25) is 0 Å². The topological polar surface area (TPSA) is 58.5 Å². The highest BCUT2D eigenvalue weighted by Gasteiger charge is 2.21. The molecule has 5 heteroatoms. The number of aryl methyl sites for hydroxylation is 1. The van der Waals surface area contributed by atoms with Gasteiger partial charge in [0.1, 0.15) is 0 Å². The van der Waals surface area contributed by atoms with Crippen molar-refractivity contribution >= 4 is 0 Å². The monoisotopic (exact) mass is 289 g/mol. The first kappa shape index (κ1) is 15.8. The van der Waals surface area contributed by atoms with Gasteiger partial charge in [-0.1, -0.05) is 20.8 Å². The van der Waals surface area contributed by atoms with Crippen molar-refractivity contribution in [2.45, 2.75) is 65.6 Å². The van der Waals surface area contributed by atoms with Crippen molar-refractivity contribution in [3.05, 3.63) is 35.4 Å². The van der Waals surface area contributed by atoms with Crippen LogP contribution in [0.25, 0.3) is 0 Å². The lowest BCUT2D eigenvalue weighted by atomic mass is 9.89. The van der Waals surface area contributed by atoms with Crippen LogP contribution in [0.5, 0.6) is 0 Å². The Kier molecular flexibility index (Phi) is 4.52. The summed E-state index contributed by atoms with van der Waals surface area (Å²) in [6.45, 7) is 13.8. The third kappa shape index (κ3) is 3.73. The van der Waals surface area contributed by atoms with Gasteiger partial charge in [-0.15, -0.1) is 0 Å². The summed E-state index contributed by atoms with van der Waals surface area (Å²) in [5.41, 5.74) is 3.71. The van der Waals surface area contributed by atoms with Crippen LogP contribution >= 0.6 is 0 Å². The van der Waals surface area contributed by atoms with Crippen LogP contribution in [0, 0.1) is 6.92 Å². The molecule has 0 bridgehead atoms. The highest BCUT2D eigenvalue weighted by Crippen LogP contribution is 2.23. The molecule has 21 heavy (non-hydrogen) atoms. The number of aromatic nitrogens is 4. The Morgan fingerprint density at radius 2 is 2.00 bits per heavy atom. The first-order valence-electron chi connectivity index (χ1n) is 7.56. The maximum Gasteiger partial charge on any atom is 0.0641 e. The van der Waals surface area contributed by atoms with Crippen molar-refractivity contribution in [1.82, 2.24) is 25.3 Å². The van der Waals surface area contributed by atoms with E-state index in [9.17, 15) is 0 Å². The molecule has 0 fully saturated rings. The van der Waals surface area contributed by atoms with Crippen molar-refractivity contribution in [3.8, 4) is 0 Å².